The number of carbonyl (C=O) groups is 3. The van der Waals surface area contributed by atoms with Gasteiger partial charge in [0.25, 0.3) is 11.8 Å². The molecule has 0 spiro atoms. The zero-order valence-corrected chi connectivity index (χ0v) is 21.3. The summed E-state index contributed by atoms with van der Waals surface area (Å²) in [6, 6.07) is 14.0. The van der Waals surface area contributed by atoms with Crippen LogP contribution in [0.3, 0.4) is 0 Å². The Morgan fingerprint density at radius 1 is 1.06 bits per heavy atom. The highest BCUT2D eigenvalue weighted by atomic mass is 79.9. The number of carbonyl (C=O) groups excluding carboxylic acids is 3. The molecule has 0 saturated carbocycles. The van der Waals surface area contributed by atoms with Crippen LogP contribution in [-0.4, -0.2) is 25.0 Å². The molecule has 4 rings (SSSR count). The van der Waals surface area contributed by atoms with Crippen LogP contribution in [-0.2, 0) is 16.2 Å². The molecule has 1 N–H and O–H groups in total. The molecule has 0 bridgehead atoms. The van der Waals surface area contributed by atoms with Crippen LogP contribution in [0.25, 0.3) is 6.08 Å². The van der Waals surface area contributed by atoms with Crippen molar-refractivity contribution in [2.45, 2.75) is 20.5 Å². The van der Waals surface area contributed by atoms with Gasteiger partial charge in [0.05, 0.1) is 17.3 Å². The number of rotatable bonds is 6. The van der Waals surface area contributed by atoms with Crippen LogP contribution in [0.15, 0.2) is 64.6 Å². The summed E-state index contributed by atoms with van der Waals surface area (Å²) in [6.45, 7) is 3.59. The summed E-state index contributed by atoms with van der Waals surface area (Å²) in [5.74, 6) is -1.30. The van der Waals surface area contributed by atoms with Crippen molar-refractivity contribution in [3.8, 4) is 11.5 Å². The van der Waals surface area contributed by atoms with Gasteiger partial charge in [0.15, 0.2) is 11.5 Å². The van der Waals surface area contributed by atoms with E-state index in [4.69, 9.17) is 9.47 Å². The summed E-state index contributed by atoms with van der Waals surface area (Å²) in [5.41, 5.74) is 2.57. The van der Waals surface area contributed by atoms with Crippen molar-refractivity contribution >= 4 is 45.5 Å². The molecule has 0 radical (unpaired) electrons. The summed E-state index contributed by atoms with van der Waals surface area (Å²) >= 11 is 3.42. The zero-order chi connectivity index (χ0) is 26.0. The largest absolute Gasteiger partial charge is 0.493 e. The number of ether oxygens (including phenoxy) is 2. The molecule has 7 nitrogen and oxygen atoms in total. The second kappa shape index (κ2) is 10.3. The van der Waals surface area contributed by atoms with E-state index in [2.05, 4.69) is 21.2 Å². The van der Waals surface area contributed by atoms with Gasteiger partial charge in [0.1, 0.15) is 18.0 Å². The van der Waals surface area contributed by atoms with Crippen LogP contribution in [0.2, 0.25) is 0 Å². The second-order valence-corrected chi connectivity index (χ2v) is 9.02. The summed E-state index contributed by atoms with van der Waals surface area (Å²) in [7, 11) is 1.44. The van der Waals surface area contributed by atoms with E-state index in [0.717, 1.165) is 10.5 Å². The highest BCUT2D eigenvalue weighted by molar-refractivity contribution is 9.10. The van der Waals surface area contributed by atoms with Crippen molar-refractivity contribution in [2.75, 3.05) is 12.0 Å². The maximum Gasteiger partial charge on any atom is 0.335 e. The fraction of sp³-hybridized carbons (Fsp3) is 0.148. The van der Waals surface area contributed by atoms with E-state index in [1.165, 1.54) is 19.3 Å². The van der Waals surface area contributed by atoms with E-state index in [-0.39, 0.29) is 12.2 Å². The molecule has 36 heavy (non-hydrogen) atoms. The lowest BCUT2D eigenvalue weighted by atomic mass is 10.0. The maximum atomic E-state index is 14.0. The number of amides is 4. The van der Waals surface area contributed by atoms with Crippen LogP contribution >= 0.6 is 15.9 Å². The number of benzene rings is 3. The molecule has 0 atom stereocenters. The Balaban J connectivity index is 1.67. The maximum absolute atomic E-state index is 14.0. The number of hydrogen-bond acceptors (Lipinski definition) is 5. The van der Waals surface area contributed by atoms with Crippen molar-refractivity contribution < 1.29 is 28.2 Å². The molecule has 0 aliphatic carbocycles. The first-order valence-electron chi connectivity index (χ1n) is 10.9. The third-order valence-electron chi connectivity index (χ3n) is 5.60. The SMILES string of the molecule is COc1cc(/C=C2\C(=O)NC(=O)N(c3cc(C)ccc3C)C2=O)cc(Br)c1OCc1ccccc1F. The Kier molecular flexibility index (Phi) is 7.21. The van der Waals surface area contributed by atoms with Crippen molar-refractivity contribution in [1.29, 1.82) is 0 Å². The van der Waals surface area contributed by atoms with Crippen molar-refractivity contribution in [1.82, 2.24) is 5.32 Å². The Labute approximate surface area is 215 Å². The van der Waals surface area contributed by atoms with Crippen molar-refractivity contribution in [3.63, 3.8) is 0 Å². The minimum absolute atomic E-state index is 0.0319. The van der Waals surface area contributed by atoms with Gasteiger partial charge in [-0.15, -0.1) is 0 Å². The van der Waals surface area contributed by atoms with Crippen molar-refractivity contribution in [2.24, 2.45) is 0 Å². The molecular weight excluding hydrogens is 531 g/mol. The number of barbiturate groups is 1. The monoisotopic (exact) mass is 552 g/mol. The number of halogens is 2. The topological polar surface area (TPSA) is 84.9 Å². The summed E-state index contributed by atoms with van der Waals surface area (Å²) < 4.78 is 25.7. The third kappa shape index (κ3) is 5.01. The molecule has 9 heteroatoms. The Morgan fingerprint density at radius 2 is 1.81 bits per heavy atom. The molecule has 1 heterocycles. The van der Waals surface area contributed by atoms with Gasteiger partial charge in [-0.3, -0.25) is 14.9 Å². The highest BCUT2D eigenvalue weighted by Crippen LogP contribution is 2.38. The van der Waals surface area contributed by atoms with Crippen molar-refractivity contribution in [3.05, 3.63) is 92.7 Å². The van der Waals surface area contributed by atoms with E-state index in [0.29, 0.717) is 38.3 Å². The van der Waals surface area contributed by atoms with Gasteiger partial charge in [0.2, 0.25) is 0 Å². The number of urea groups is 1. The van der Waals surface area contributed by atoms with Crippen LogP contribution < -0.4 is 19.7 Å². The van der Waals surface area contributed by atoms with Crippen LogP contribution in [0.5, 0.6) is 11.5 Å². The smallest absolute Gasteiger partial charge is 0.335 e. The minimum atomic E-state index is -0.813. The first-order valence-corrected chi connectivity index (χ1v) is 11.7. The molecule has 184 valence electrons. The molecule has 1 saturated heterocycles. The average molecular weight is 553 g/mol. The minimum Gasteiger partial charge on any atom is -0.493 e. The first-order chi connectivity index (χ1) is 17.2. The van der Waals surface area contributed by atoms with Gasteiger partial charge in [0, 0.05) is 5.56 Å². The normalized spacial score (nSPS) is 14.8. The predicted molar refractivity (Wildman–Crippen MR) is 136 cm³/mol. The molecule has 3 aromatic rings. The summed E-state index contributed by atoms with van der Waals surface area (Å²) in [4.78, 5) is 39.4. The summed E-state index contributed by atoms with van der Waals surface area (Å²) in [6.07, 6.45) is 1.37. The fourth-order valence-corrected chi connectivity index (χ4v) is 4.31. The standard InChI is InChI=1S/C27H22BrFN2O5/c1-15-8-9-16(2)22(10-15)31-26(33)19(25(32)30-27(31)34)11-17-12-20(28)24(23(13-17)35-3)36-14-18-6-4-5-7-21(18)29/h4-13H,14H2,1-3H3,(H,30,32,34)/b19-11+. The molecule has 1 fully saturated rings. The fourth-order valence-electron chi connectivity index (χ4n) is 3.73. The summed E-state index contributed by atoms with van der Waals surface area (Å²) in [5, 5.41) is 2.23. The highest BCUT2D eigenvalue weighted by Gasteiger charge is 2.37. The first kappa shape index (κ1) is 25.1. The molecule has 3 aromatic carbocycles. The Hall–Kier alpha value is -3.98. The van der Waals surface area contributed by atoms with Gasteiger partial charge in [-0.1, -0.05) is 30.3 Å². The number of aryl methyl sites for hydroxylation is 2. The van der Waals surface area contributed by atoms with Gasteiger partial charge in [-0.25, -0.2) is 14.1 Å². The van der Waals surface area contributed by atoms with Gasteiger partial charge < -0.3 is 9.47 Å². The van der Waals surface area contributed by atoms with Crippen LogP contribution in [0.4, 0.5) is 14.9 Å². The van der Waals surface area contributed by atoms with Gasteiger partial charge >= 0.3 is 6.03 Å². The number of imide groups is 2. The second-order valence-electron chi connectivity index (χ2n) is 8.16. The lowest BCUT2D eigenvalue weighted by Gasteiger charge is -2.27. The van der Waals surface area contributed by atoms with Gasteiger partial charge in [-0.05, 0) is 76.8 Å². The number of nitrogens with zero attached hydrogens (tertiary/aromatic N) is 1. The predicted octanol–water partition coefficient (Wildman–Crippen LogP) is 5.46. The number of methoxy groups -OCH3 is 1. The van der Waals surface area contributed by atoms with Crippen LogP contribution in [0, 0.1) is 19.7 Å². The molecule has 0 aromatic heterocycles. The molecule has 1 aliphatic rings. The lowest BCUT2D eigenvalue weighted by molar-refractivity contribution is -0.122. The third-order valence-corrected chi connectivity index (χ3v) is 6.19. The number of nitrogens with one attached hydrogen (secondary N) is 1. The quantitative estimate of drug-likeness (QED) is 0.324. The van der Waals surface area contributed by atoms with Crippen LogP contribution in [0.1, 0.15) is 22.3 Å². The number of anilines is 1. The average Bonchev–Trinajstić information content (AvgIpc) is 2.83. The van der Waals surface area contributed by atoms with E-state index in [1.807, 2.05) is 13.0 Å². The van der Waals surface area contributed by atoms with E-state index in [1.54, 1.807) is 49.4 Å². The molecular formula is C27H22BrFN2O5. The zero-order valence-electron chi connectivity index (χ0n) is 19.7. The molecule has 0 unspecified atom stereocenters. The lowest BCUT2D eigenvalue weighted by Crippen LogP contribution is -2.54. The Morgan fingerprint density at radius 3 is 2.53 bits per heavy atom. The number of hydrogen-bond donors (Lipinski definition) is 1. The van der Waals surface area contributed by atoms with E-state index < -0.39 is 23.7 Å². The molecule has 4 amide bonds. The van der Waals surface area contributed by atoms with E-state index >= 15 is 0 Å². The Bertz CT molecular complexity index is 1420. The van der Waals surface area contributed by atoms with Gasteiger partial charge in [-0.2, -0.15) is 0 Å². The van der Waals surface area contributed by atoms with E-state index in [9.17, 15) is 18.8 Å². The molecule has 1 aliphatic heterocycles.